The molecule has 1 aliphatic rings. The number of halogens is 2. The average Bonchev–Trinajstić information content (AvgIpc) is 3.02. The van der Waals surface area contributed by atoms with Crippen molar-refractivity contribution in [3.63, 3.8) is 0 Å². The number of rotatable bonds is 4. The lowest BCUT2D eigenvalue weighted by Gasteiger charge is -2.19. The second kappa shape index (κ2) is 7.56. The van der Waals surface area contributed by atoms with Crippen molar-refractivity contribution in [2.24, 2.45) is 18.7 Å². The molecule has 2 aromatic rings. The van der Waals surface area contributed by atoms with E-state index in [1.165, 1.54) is 25.7 Å². The van der Waals surface area contributed by atoms with E-state index in [9.17, 15) is 4.79 Å². The Hall–Kier alpha value is -1.23. The lowest BCUT2D eigenvalue weighted by molar-refractivity contribution is 0.250. The normalized spacial score (nSPS) is 14.9. The molecule has 6 heteroatoms. The molecule has 1 saturated carbocycles. The first kappa shape index (κ1) is 18.1. The number of hydrogen-bond acceptors (Lipinski definition) is 3. The van der Waals surface area contributed by atoms with E-state index in [1.807, 2.05) is 0 Å². The maximum Gasteiger partial charge on any atom is 0.258 e. The summed E-state index contributed by atoms with van der Waals surface area (Å²) in [7, 11) is 1.74. The number of hydrogen-bond donors (Lipinski definition) is 1. The van der Waals surface area contributed by atoms with Crippen LogP contribution in [0.5, 0.6) is 5.75 Å². The van der Waals surface area contributed by atoms with Crippen molar-refractivity contribution in [1.82, 2.24) is 4.57 Å². The second-order valence-corrected chi connectivity index (χ2v) is 6.43. The van der Waals surface area contributed by atoms with Gasteiger partial charge in [-0.1, -0.05) is 24.4 Å². The number of pyridine rings is 1. The Labute approximate surface area is 147 Å². The molecule has 2 N–H and O–H groups in total. The third-order valence-electron chi connectivity index (χ3n) is 4.56. The van der Waals surface area contributed by atoms with Crippen LogP contribution < -0.4 is 16.0 Å². The highest BCUT2D eigenvalue weighted by Gasteiger charge is 2.19. The molecule has 3 rings (SSSR count). The Morgan fingerprint density at radius 3 is 2.65 bits per heavy atom. The van der Waals surface area contributed by atoms with Gasteiger partial charge in [-0.15, -0.1) is 12.4 Å². The minimum atomic E-state index is -0.0691. The van der Waals surface area contributed by atoms with Gasteiger partial charge in [0.2, 0.25) is 0 Å². The fourth-order valence-corrected chi connectivity index (χ4v) is 3.44. The van der Waals surface area contributed by atoms with Crippen LogP contribution in [-0.4, -0.2) is 11.2 Å². The number of nitrogens with two attached hydrogens (primary N) is 1. The summed E-state index contributed by atoms with van der Waals surface area (Å²) < 4.78 is 7.70. The monoisotopic (exact) mass is 356 g/mol. The number of benzene rings is 1. The Morgan fingerprint density at radius 1 is 1.30 bits per heavy atom. The lowest BCUT2D eigenvalue weighted by Crippen LogP contribution is -2.24. The zero-order chi connectivity index (χ0) is 15.7. The maximum atomic E-state index is 12.4. The van der Waals surface area contributed by atoms with Gasteiger partial charge in [0.1, 0.15) is 5.75 Å². The van der Waals surface area contributed by atoms with Gasteiger partial charge in [-0.3, -0.25) is 4.79 Å². The van der Waals surface area contributed by atoms with Crippen LogP contribution in [0.4, 0.5) is 0 Å². The first-order valence-corrected chi connectivity index (χ1v) is 8.13. The maximum absolute atomic E-state index is 12.4. The van der Waals surface area contributed by atoms with Crippen LogP contribution in [0.2, 0.25) is 5.02 Å². The van der Waals surface area contributed by atoms with E-state index in [-0.39, 0.29) is 24.5 Å². The molecule has 4 nitrogen and oxygen atoms in total. The Kier molecular flexibility index (Phi) is 5.95. The highest BCUT2D eigenvalue weighted by molar-refractivity contribution is 6.31. The molecule has 0 atom stereocenters. The van der Waals surface area contributed by atoms with Crippen molar-refractivity contribution in [3.05, 3.63) is 39.3 Å². The van der Waals surface area contributed by atoms with Crippen LogP contribution in [0, 0.1) is 5.92 Å². The molecule has 1 aliphatic carbocycles. The van der Waals surface area contributed by atoms with E-state index >= 15 is 0 Å². The van der Waals surface area contributed by atoms with E-state index in [0.29, 0.717) is 28.7 Å². The van der Waals surface area contributed by atoms with Gasteiger partial charge in [-0.2, -0.15) is 0 Å². The number of nitrogens with zero attached hydrogens (tertiary/aromatic N) is 1. The van der Waals surface area contributed by atoms with E-state index in [4.69, 9.17) is 22.1 Å². The minimum Gasteiger partial charge on any atom is -0.491 e. The Bertz CT molecular complexity index is 752. The minimum absolute atomic E-state index is 0. The molecule has 1 fully saturated rings. The zero-order valence-electron chi connectivity index (χ0n) is 13.2. The lowest BCUT2D eigenvalue weighted by atomic mass is 10.1. The summed E-state index contributed by atoms with van der Waals surface area (Å²) in [4.78, 5) is 12.4. The molecule has 23 heavy (non-hydrogen) atoms. The van der Waals surface area contributed by atoms with Crippen LogP contribution in [0.25, 0.3) is 10.8 Å². The smallest absolute Gasteiger partial charge is 0.258 e. The van der Waals surface area contributed by atoms with Crippen molar-refractivity contribution in [1.29, 1.82) is 0 Å². The molecule has 1 heterocycles. The topological polar surface area (TPSA) is 57.2 Å². The van der Waals surface area contributed by atoms with Crippen molar-refractivity contribution >= 4 is 34.8 Å². The van der Waals surface area contributed by atoms with E-state index < -0.39 is 0 Å². The van der Waals surface area contributed by atoms with Crippen LogP contribution in [0.1, 0.15) is 31.4 Å². The molecule has 0 aliphatic heterocycles. The van der Waals surface area contributed by atoms with Gasteiger partial charge in [-0.25, -0.2) is 0 Å². The van der Waals surface area contributed by atoms with Gasteiger partial charge in [-0.05, 0) is 37.0 Å². The number of ether oxygens (including phenoxy) is 1. The summed E-state index contributed by atoms with van der Waals surface area (Å²) in [5, 5.41) is 1.97. The molecule has 0 unspecified atom stereocenters. The molecular formula is C17H22Cl2N2O2. The first-order chi connectivity index (χ1) is 10.6. The molecule has 0 saturated heterocycles. The van der Waals surface area contributed by atoms with E-state index in [0.717, 1.165) is 11.1 Å². The number of aromatic nitrogens is 1. The van der Waals surface area contributed by atoms with Crippen molar-refractivity contribution in [2.45, 2.75) is 32.2 Å². The fraction of sp³-hybridized carbons (Fsp3) is 0.471. The van der Waals surface area contributed by atoms with E-state index in [2.05, 4.69) is 0 Å². The average molecular weight is 357 g/mol. The SMILES string of the molecule is Cl.Cn1c(CN)c(OCC2CCCC2)c2cc(Cl)ccc2c1=O. The van der Waals surface area contributed by atoms with Crippen molar-refractivity contribution < 1.29 is 4.74 Å². The van der Waals surface area contributed by atoms with Gasteiger partial charge >= 0.3 is 0 Å². The molecule has 0 amide bonds. The number of fused-ring (bicyclic) bond motifs is 1. The predicted octanol–water partition coefficient (Wildman–Crippen LogP) is 3.64. The predicted molar refractivity (Wildman–Crippen MR) is 96.8 cm³/mol. The molecule has 0 bridgehead atoms. The van der Waals surface area contributed by atoms with Crippen LogP contribution in [-0.2, 0) is 13.6 Å². The van der Waals surface area contributed by atoms with Crippen LogP contribution in [0.3, 0.4) is 0 Å². The molecule has 0 radical (unpaired) electrons. The van der Waals surface area contributed by atoms with Gasteiger partial charge in [0.15, 0.2) is 0 Å². The summed E-state index contributed by atoms with van der Waals surface area (Å²) in [6.07, 6.45) is 4.97. The fourth-order valence-electron chi connectivity index (χ4n) is 3.27. The Balaban J connectivity index is 0.00000192. The Morgan fingerprint density at radius 2 is 2.00 bits per heavy atom. The van der Waals surface area contributed by atoms with E-state index in [1.54, 1.807) is 29.8 Å². The molecule has 1 aromatic carbocycles. The van der Waals surface area contributed by atoms with Crippen molar-refractivity contribution in [3.8, 4) is 5.75 Å². The quantitative estimate of drug-likeness (QED) is 0.909. The van der Waals surface area contributed by atoms with Gasteiger partial charge in [0, 0.05) is 24.0 Å². The molecular weight excluding hydrogens is 335 g/mol. The molecule has 126 valence electrons. The van der Waals surface area contributed by atoms with Crippen LogP contribution in [0.15, 0.2) is 23.0 Å². The summed E-state index contributed by atoms with van der Waals surface area (Å²) in [6.45, 7) is 0.932. The standard InChI is InChI=1S/C17H21ClN2O2.ClH/c1-20-15(9-19)16(22-10-11-4-2-3-5-11)14-8-12(18)6-7-13(14)17(20)21;/h6-8,11H,2-5,9-10,19H2,1H3;1H. The summed E-state index contributed by atoms with van der Waals surface area (Å²) in [5.41, 5.74) is 6.51. The summed E-state index contributed by atoms with van der Waals surface area (Å²) in [6, 6.07) is 5.28. The third-order valence-corrected chi connectivity index (χ3v) is 4.79. The van der Waals surface area contributed by atoms with Gasteiger partial charge in [0.05, 0.1) is 17.7 Å². The largest absolute Gasteiger partial charge is 0.491 e. The van der Waals surface area contributed by atoms with Gasteiger partial charge < -0.3 is 15.0 Å². The van der Waals surface area contributed by atoms with Gasteiger partial charge in [0.25, 0.3) is 5.56 Å². The van der Waals surface area contributed by atoms with Crippen molar-refractivity contribution in [2.75, 3.05) is 6.61 Å². The highest BCUT2D eigenvalue weighted by Crippen LogP contribution is 2.32. The summed E-state index contributed by atoms with van der Waals surface area (Å²) in [5.74, 6) is 1.30. The third kappa shape index (κ3) is 3.49. The highest BCUT2D eigenvalue weighted by atomic mass is 35.5. The first-order valence-electron chi connectivity index (χ1n) is 7.75. The molecule has 1 aromatic heterocycles. The van der Waals surface area contributed by atoms with Crippen LogP contribution >= 0.6 is 24.0 Å². The zero-order valence-corrected chi connectivity index (χ0v) is 14.8. The summed E-state index contributed by atoms with van der Waals surface area (Å²) >= 11 is 6.11. The molecule has 0 spiro atoms. The second-order valence-electron chi connectivity index (χ2n) is 6.00.